The highest BCUT2D eigenvalue weighted by molar-refractivity contribution is 6.21. The van der Waals surface area contributed by atoms with Crippen molar-refractivity contribution in [2.24, 2.45) is 0 Å². The molecule has 9 aromatic rings. The maximum absolute atomic E-state index is 6.96. The van der Waals surface area contributed by atoms with Crippen LogP contribution in [0.4, 0.5) is 0 Å². The van der Waals surface area contributed by atoms with Crippen molar-refractivity contribution in [1.82, 2.24) is 9.97 Å². The fourth-order valence-electron chi connectivity index (χ4n) is 7.17. The third-order valence-corrected chi connectivity index (χ3v) is 9.76. The molecule has 0 aliphatic heterocycles. The molecular formula is C48H34N2O. The normalized spacial score (nSPS) is 11.6. The summed E-state index contributed by atoms with van der Waals surface area (Å²) in [6.45, 7) is 4.22. The highest BCUT2D eigenvalue weighted by Crippen LogP contribution is 2.44. The lowest BCUT2D eigenvalue weighted by molar-refractivity contribution is 0.674. The van der Waals surface area contributed by atoms with Gasteiger partial charge in [0.05, 0.1) is 11.4 Å². The van der Waals surface area contributed by atoms with Gasteiger partial charge in [-0.15, -0.1) is 0 Å². The minimum absolute atomic E-state index is 0.687. The summed E-state index contributed by atoms with van der Waals surface area (Å²) in [6, 6.07) is 55.3. The third kappa shape index (κ3) is 5.50. The maximum Gasteiger partial charge on any atom is 0.160 e. The van der Waals surface area contributed by atoms with Gasteiger partial charge in [0.15, 0.2) is 5.82 Å². The van der Waals surface area contributed by atoms with Crippen LogP contribution in [0.25, 0.3) is 94.9 Å². The van der Waals surface area contributed by atoms with Crippen LogP contribution in [-0.4, -0.2) is 9.97 Å². The van der Waals surface area contributed by atoms with Crippen molar-refractivity contribution in [2.45, 2.75) is 13.8 Å². The SMILES string of the molecule is C/C=C\c1ccc(-c2ccc(-c3ccc(-c4cc(-c5ccccc5)nc(-c5ccccc5)n4)c4c3oc3c5ccccc5ccc34)cc2)cc1C. The van der Waals surface area contributed by atoms with E-state index in [9.17, 15) is 0 Å². The molecule has 0 saturated carbocycles. The first-order chi connectivity index (χ1) is 25.1. The van der Waals surface area contributed by atoms with Crippen LogP contribution in [0.1, 0.15) is 18.1 Å². The van der Waals surface area contributed by atoms with Crippen LogP contribution in [0, 0.1) is 6.92 Å². The highest BCUT2D eigenvalue weighted by atomic mass is 16.3. The molecule has 0 spiro atoms. The molecule has 0 bridgehead atoms. The van der Waals surface area contributed by atoms with E-state index in [0.29, 0.717) is 5.82 Å². The van der Waals surface area contributed by atoms with Crippen molar-refractivity contribution in [2.75, 3.05) is 0 Å². The van der Waals surface area contributed by atoms with Crippen molar-refractivity contribution in [1.29, 1.82) is 0 Å². The van der Waals surface area contributed by atoms with Crippen LogP contribution in [0.3, 0.4) is 0 Å². The van der Waals surface area contributed by atoms with Gasteiger partial charge in [0, 0.05) is 38.4 Å². The number of hydrogen-bond acceptors (Lipinski definition) is 3. The third-order valence-electron chi connectivity index (χ3n) is 9.76. The van der Waals surface area contributed by atoms with Gasteiger partial charge in [-0.3, -0.25) is 0 Å². The molecule has 51 heavy (non-hydrogen) atoms. The van der Waals surface area contributed by atoms with E-state index in [1.54, 1.807) is 0 Å². The maximum atomic E-state index is 6.96. The summed E-state index contributed by atoms with van der Waals surface area (Å²) in [6.07, 6.45) is 4.24. The summed E-state index contributed by atoms with van der Waals surface area (Å²) in [5.74, 6) is 0.687. The van der Waals surface area contributed by atoms with E-state index in [0.717, 1.165) is 71.9 Å². The van der Waals surface area contributed by atoms with Gasteiger partial charge in [0.1, 0.15) is 11.2 Å². The van der Waals surface area contributed by atoms with Gasteiger partial charge in [-0.25, -0.2) is 9.97 Å². The van der Waals surface area contributed by atoms with Gasteiger partial charge in [-0.2, -0.15) is 0 Å². The van der Waals surface area contributed by atoms with Crippen LogP contribution < -0.4 is 0 Å². The van der Waals surface area contributed by atoms with Gasteiger partial charge in [-0.1, -0.05) is 152 Å². The average molecular weight is 655 g/mol. The van der Waals surface area contributed by atoms with Crippen molar-refractivity contribution >= 4 is 38.8 Å². The van der Waals surface area contributed by atoms with Crippen LogP contribution in [0.2, 0.25) is 0 Å². The first-order valence-corrected chi connectivity index (χ1v) is 17.4. The Bertz CT molecular complexity index is 2680. The molecule has 0 atom stereocenters. The minimum atomic E-state index is 0.687. The summed E-state index contributed by atoms with van der Waals surface area (Å²) < 4.78 is 6.96. The number of aryl methyl sites for hydroxylation is 1. The van der Waals surface area contributed by atoms with E-state index < -0.39 is 0 Å². The fraction of sp³-hybridized carbons (Fsp3) is 0.0417. The Balaban J connectivity index is 1.26. The molecule has 0 N–H and O–H groups in total. The van der Waals surface area contributed by atoms with E-state index in [2.05, 4.69) is 147 Å². The second-order valence-electron chi connectivity index (χ2n) is 13.0. The number of nitrogens with zero attached hydrogens (tertiary/aromatic N) is 2. The molecule has 3 nitrogen and oxygen atoms in total. The Morgan fingerprint density at radius 1 is 0.490 bits per heavy atom. The van der Waals surface area contributed by atoms with E-state index in [4.69, 9.17) is 14.4 Å². The topological polar surface area (TPSA) is 38.9 Å². The summed E-state index contributed by atoms with van der Waals surface area (Å²) >= 11 is 0. The molecule has 0 amide bonds. The number of benzene rings is 7. The minimum Gasteiger partial charge on any atom is -0.455 e. The first-order valence-electron chi connectivity index (χ1n) is 17.4. The van der Waals surface area contributed by atoms with Crippen LogP contribution in [0.15, 0.2) is 168 Å². The zero-order valence-corrected chi connectivity index (χ0v) is 28.5. The second kappa shape index (κ2) is 12.7. The Hall–Kier alpha value is -6.58. The molecular weight excluding hydrogens is 621 g/mol. The Kier molecular flexibility index (Phi) is 7.59. The number of fused-ring (bicyclic) bond motifs is 5. The number of hydrogen-bond donors (Lipinski definition) is 0. The van der Waals surface area contributed by atoms with Crippen LogP contribution >= 0.6 is 0 Å². The molecule has 0 unspecified atom stereocenters. The average Bonchev–Trinajstić information content (AvgIpc) is 3.59. The summed E-state index contributed by atoms with van der Waals surface area (Å²) in [5.41, 5.74) is 13.5. The zero-order chi connectivity index (χ0) is 34.3. The van der Waals surface area contributed by atoms with E-state index in [1.165, 1.54) is 22.3 Å². The van der Waals surface area contributed by atoms with Crippen molar-refractivity contribution < 1.29 is 4.42 Å². The van der Waals surface area contributed by atoms with Gasteiger partial charge in [-0.05, 0) is 65.3 Å². The molecule has 7 aromatic carbocycles. The molecule has 0 fully saturated rings. The van der Waals surface area contributed by atoms with E-state index in [-0.39, 0.29) is 0 Å². The number of aromatic nitrogens is 2. The fourth-order valence-corrected chi connectivity index (χ4v) is 7.17. The van der Waals surface area contributed by atoms with Crippen molar-refractivity contribution in [3.63, 3.8) is 0 Å². The second-order valence-corrected chi connectivity index (χ2v) is 13.0. The number of furan rings is 1. The monoisotopic (exact) mass is 654 g/mol. The number of allylic oxidation sites excluding steroid dienone is 1. The Labute approximate surface area is 297 Å². The standard InChI is InChI=1S/C48H34N2O/c1-3-12-32-19-24-38(29-31(32)2)33-20-22-35(23-21-33)40-27-28-41(45-42-26-25-34-13-10-11-18-39(34)46(42)51-47(40)45)44-30-43(36-14-6-4-7-15-36)49-48(50-44)37-16-8-5-9-17-37/h3-30H,1-2H3/b12-3-. The molecule has 3 heteroatoms. The molecule has 0 aliphatic carbocycles. The predicted octanol–water partition coefficient (Wildman–Crippen LogP) is 13.2. The molecule has 0 saturated heterocycles. The highest BCUT2D eigenvalue weighted by Gasteiger charge is 2.21. The molecule has 2 aromatic heterocycles. The summed E-state index contributed by atoms with van der Waals surface area (Å²) in [5, 5.41) is 4.35. The Morgan fingerprint density at radius 2 is 1.16 bits per heavy atom. The number of rotatable bonds is 6. The van der Waals surface area contributed by atoms with Crippen molar-refractivity contribution in [3.05, 3.63) is 175 Å². The van der Waals surface area contributed by atoms with Crippen molar-refractivity contribution in [3.8, 4) is 56.2 Å². The van der Waals surface area contributed by atoms with Gasteiger partial charge in [0.25, 0.3) is 0 Å². The van der Waals surface area contributed by atoms with Crippen LogP contribution in [-0.2, 0) is 0 Å². The molecule has 2 heterocycles. The molecule has 0 radical (unpaired) electrons. The largest absolute Gasteiger partial charge is 0.455 e. The molecule has 0 aliphatic rings. The molecule has 9 rings (SSSR count). The lowest BCUT2D eigenvalue weighted by atomic mass is 9.94. The van der Waals surface area contributed by atoms with Gasteiger partial charge >= 0.3 is 0 Å². The van der Waals surface area contributed by atoms with Gasteiger partial charge in [0.2, 0.25) is 0 Å². The van der Waals surface area contributed by atoms with E-state index in [1.807, 2.05) is 36.4 Å². The Morgan fingerprint density at radius 3 is 1.92 bits per heavy atom. The zero-order valence-electron chi connectivity index (χ0n) is 28.5. The summed E-state index contributed by atoms with van der Waals surface area (Å²) in [7, 11) is 0. The molecule has 242 valence electrons. The predicted molar refractivity (Wildman–Crippen MR) is 213 cm³/mol. The van der Waals surface area contributed by atoms with Crippen LogP contribution in [0.5, 0.6) is 0 Å². The lowest BCUT2D eigenvalue weighted by Crippen LogP contribution is -1.96. The first kappa shape index (κ1) is 30.5. The van der Waals surface area contributed by atoms with Gasteiger partial charge < -0.3 is 4.42 Å². The summed E-state index contributed by atoms with van der Waals surface area (Å²) in [4.78, 5) is 10.3. The quantitative estimate of drug-likeness (QED) is 0.179. The van der Waals surface area contributed by atoms with E-state index >= 15 is 0 Å². The smallest absolute Gasteiger partial charge is 0.160 e. The lowest BCUT2D eigenvalue weighted by Gasteiger charge is -2.12.